The van der Waals surface area contributed by atoms with E-state index in [-0.39, 0.29) is 11.8 Å². The van der Waals surface area contributed by atoms with Crippen LogP contribution in [0.2, 0.25) is 0 Å². The Balaban J connectivity index is 1.78. The monoisotopic (exact) mass is 286 g/mol. The van der Waals surface area contributed by atoms with Crippen LogP contribution in [0.25, 0.3) is 5.65 Å². The maximum atomic E-state index is 12.3. The zero-order chi connectivity index (χ0) is 14.8. The molecule has 3 rings (SSSR count). The summed E-state index contributed by atoms with van der Waals surface area (Å²) in [5.41, 5.74) is 2.14. The van der Waals surface area contributed by atoms with Gasteiger partial charge in [-0.25, -0.2) is 4.98 Å². The smallest absolute Gasteiger partial charge is 0.272 e. The molecular formula is C15H18N4O2. The summed E-state index contributed by atoms with van der Waals surface area (Å²) < 4.78 is 1.80. The van der Waals surface area contributed by atoms with Crippen LogP contribution in [0.5, 0.6) is 0 Å². The highest BCUT2D eigenvalue weighted by Gasteiger charge is 2.23. The van der Waals surface area contributed by atoms with Crippen LogP contribution in [0.4, 0.5) is 0 Å². The molecule has 1 fully saturated rings. The summed E-state index contributed by atoms with van der Waals surface area (Å²) in [5, 5.41) is 5.58. The van der Waals surface area contributed by atoms with Gasteiger partial charge in [0.05, 0.1) is 0 Å². The van der Waals surface area contributed by atoms with Crippen molar-refractivity contribution < 1.29 is 9.59 Å². The molecule has 0 saturated carbocycles. The molecule has 0 radical (unpaired) electrons. The van der Waals surface area contributed by atoms with Crippen molar-refractivity contribution in [2.24, 2.45) is 0 Å². The van der Waals surface area contributed by atoms with E-state index in [0.717, 1.165) is 24.1 Å². The third-order valence-electron chi connectivity index (χ3n) is 3.69. The third-order valence-corrected chi connectivity index (χ3v) is 3.69. The molecule has 1 saturated heterocycles. The highest BCUT2D eigenvalue weighted by atomic mass is 16.2. The van der Waals surface area contributed by atoms with E-state index < -0.39 is 6.04 Å². The first kappa shape index (κ1) is 13.6. The molecule has 2 aromatic rings. The van der Waals surface area contributed by atoms with Crippen molar-refractivity contribution in [1.82, 2.24) is 20.0 Å². The van der Waals surface area contributed by atoms with Crippen molar-refractivity contribution >= 4 is 17.5 Å². The van der Waals surface area contributed by atoms with Gasteiger partial charge in [0.15, 0.2) is 0 Å². The van der Waals surface area contributed by atoms with Crippen LogP contribution in [0.15, 0.2) is 24.5 Å². The first-order valence-electron chi connectivity index (χ1n) is 7.17. The molecular weight excluding hydrogens is 268 g/mol. The molecule has 110 valence electrons. The lowest BCUT2D eigenvalue weighted by Gasteiger charge is -2.13. The molecule has 0 bridgehead atoms. The Morgan fingerprint density at radius 2 is 2.33 bits per heavy atom. The third kappa shape index (κ3) is 2.89. The number of carbonyl (C=O) groups excluding carboxylic acids is 2. The lowest BCUT2D eigenvalue weighted by molar-refractivity contribution is -0.122. The van der Waals surface area contributed by atoms with Crippen LogP contribution in [-0.2, 0) is 4.79 Å². The molecule has 3 heterocycles. The molecule has 1 atom stereocenters. The van der Waals surface area contributed by atoms with Gasteiger partial charge in [0.1, 0.15) is 17.4 Å². The van der Waals surface area contributed by atoms with Gasteiger partial charge < -0.3 is 15.0 Å². The fraction of sp³-hybridized carbons (Fsp3) is 0.400. The second-order valence-corrected chi connectivity index (χ2v) is 5.41. The number of nitrogens with zero attached hydrogens (tertiary/aromatic N) is 2. The molecule has 6 heteroatoms. The molecule has 1 aliphatic heterocycles. The lowest BCUT2D eigenvalue weighted by atomic mass is 10.1. The quantitative estimate of drug-likeness (QED) is 0.866. The molecule has 1 aliphatic rings. The Morgan fingerprint density at radius 1 is 1.48 bits per heavy atom. The second kappa shape index (κ2) is 5.55. The molecule has 2 aromatic heterocycles. The van der Waals surface area contributed by atoms with Crippen LogP contribution in [0, 0.1) is 6.92 Å². The maximum Gasteiger partial charge on any atom is 0.272 e. The Morgan fingerprint density at radius 3 is 3.19 bits per heavy atom. The zero-order valence-corrected chi connectivity index (χ0v) is 11.9. The molecule has 0 spiro atoms. The van der Waals surface area contributed by atoms with Gasteiger partial charge >= 0.3 is 0 Å². The van der Waals surface area contributed by atoms with Gasteiger partial charge in [-0.2, -0.15) is 0 Å². The fourth-order valence-electron chi connectivity index (χ4n) is 2.50. The zero-order valence-electron chi connectivity index (χ0n) is 11.9. The van der Waals surface area contributed by atoms with Crippen LogP contribution in [-0.4, -0.2) is 33.8 Å². The summed E-state index contributed by atoms with van der Waals surface area (Å²) in [6.07, 6.45) is 6.09. The van der Waals surface area contributed by atoms with Crippen molar-refractivity contribution in [2.45, 2.75) is 32.2 Å². The highest BCUT2D eigenvalue weighted by Crippen LogP contribution is 2.10. The number of hydrogen-bond acceptors (Lipinski definition) is 3. The summed E-state index contributed by atoms with van der Waals surface area (Å²) in [7, 11) is 0. The van der Waals surface area contributed by atoms with E-state index >= 15 is 0 Å². The molecule has 2 amide bonds. The van der Waals surface area contributed by atoms with E-state index in [9.17, 15) is 9.59 Å². The van der Waals surface area contributed by atoms with Gasteiger partial charge in [-0.3, -0.25) is 9.59 Å². The number of amides is 2. The summed E-state index contributed by atoms with van der Waals surface area (Å²) in [4.78, 5) is 28.4. The lowest BCUT2D eigenvalue weighted by Crippen LogP contribution is -2.45. The van der Waals surface area contributed by atoms with Crippen molar-refractivity contribution in [2.75, 3.05) is 6.54 Å². The van der Waals surface area contributed by atoms with E-state index in [1.807, 2.05) is 25.3 Å². The minimum absolute atomic E-state index is 0.111. The van der Waals surface area contributed by atoms with Gasteiger partial charge in [0.2, 0.25) is 5.91 Å². The first-order chi connectivity index (χ1) is 10.1. The Kier molecular flexibility index (Phi) is 3.60. The number of fused-ring (bicyclic) bond motifs is 1. The number of carbonyl (C=O) groups is 2. The van der Waals surface area contributed by atoms with Crippen LogP contribution in [0.1, 0.15) is 35.3 Å². The minimum atomic E-state index is -0.466. The highest BCUT2D eigenvalue weighted by molar-refractivity contribution is 5.96. The van der Waals surface area contributed by atoms with Crippen molar-refractivity contribution in [3.8, 4) is 0 Å². The Hall–Kier alpha value is -2.37. The molecule has 0 aromatic carbocycles. The number of hydrogen-bond donors (Lipinski definition) is 2. The molecule has 1 unspecified atom stereocenters. The number of imidazole rings is 1. The molecule has 21 heavy (non-hydrogen) atoms. The summed E-state index contributed by atoms with van der Waals surface area (Å²) >= 11 is 0. The maximum absolute atomic E-state index is 12.3. The molecule has 0 aliphatic carbocycles. The normalized spacial score (nSPS) is 19.1. The van der Waals surface area contributed by atoms with Crippen molar-refractivity contribution in [3.63, 3.8) is 0 Å². The van der Waals surface area contributed by atoms with Crippen LogP contribution < -0.4 is 10.6 Å². The fourth-order valence-corrected chi connectivity index (χ4v) is 2.50. The molecule has 2 N–H and O–H groups in total. The molecule has 6 nitrogen and oxygen atoms in total. The largest absolute Gasteiger partial charge is 0.354 e. The van der Waals surface area contributed by atoms with Crippen LogP contribution in [0.3, 0.4) is 0 Å². The van der Waals surface area contributed by atoms with E-state index in [1.54, 1.807) is 10.6 Å². The van der Waals surface area contributed by atoms with E-state index in [4.69, 9.17) is 0 Å². The summed E-state index contributed by atoms with van der Waals surface area (Å²) in [5.74, 6) is -0.418. The Bertz CT molecular complexity index is 692. The van der Waals surface area contributed by atoms with Crippen molar-refractivity contribution in [1.29, 1.82) is 0 Å². The van der Waals surface area contributed by atoms with Crippen LogP contribution >= 0.6 is 0 Å². The number of aryl methyl sites for hydroxylation is 1. The predicted molar refractivity (Wildman–Crippen MR) is 78.0 cm³/mol. The topological polar surface area (TPSA) is 75.5 Å². The number of rotatable bonds is 2. The first-order valence-corrected chi connectivity index (χ1v) is 7.17. The van der Waals surface area contributed by atoms with E-state index in [0.29, 0.717) is 18.7 Å². The average Bonchev–Trinajstić information content (AvgIpc) is 2.78. The average molecular weight is 286 g/mol. The number of pyridine rings is 1. The summed E-state index contributed by atoms with van der Waals surface area (Å²) in [6, 6.07) is 3.40. The summed E-state index contributed by atoms with van der Waals surface area (Å²) in [6.45, 7) is 2.66. The SMILES string of the molecule is Cc1ccn2cc(C(=O)NC3CCCCNC3=O)nc2c1. The number of aromatic nitrogens is 2. The van der Waals surface area contributed by atoms with Gasteiger partial charge in [-0.1, -0.05) is 0 Å². The Labute approximate surface area is 122 Å². The second-order valence-electron chi connectivity index (χ2n) is 5.41. The van der Waals surface area contributed by atoms with E-state index in [2.05, 4.69) is 15.6 Å². The minimum Gasteiger partial charge on any atom is -0.354 e. The standard InChI is InChI=1S/C15H18N4O2/c1-10-5-7-19-9-12(17-13(19)8-10)15(21)18-11-4-2-3-6-16-14(11)20/h5,7-9,11H,2-4,6H2,1H3,(H,16,20)(H,18,21). The van der Waals surface area contributed by atoms with Gasteiger partial charge in [0, 0.05) is 18.9 Å². The van der Waals surface area contributed by atoms with Crippen molar-refractivity contribution in [3.05, 3.63) is 35.8 Å². The van der Waals surface area contributed by atoms with Gasteiger partial charge in [0.25, 0.3) is 5.91 Å². The predicted octanol–water partition coefficient (Wildman–Crippen LogP) is 1.04. The van der Waals surface area contributed by atoms with Gasteiger partial charge in [-0.15, -0.1) is 0 Å². The number of nitrogens with one attached hydrogen (secondary N) is 2. The van der Waals surface area contributed by atoms with E-state index in [1.165, 1.54) is 0 Å². The van der Waals surface area contributed by atoms with Gasteiger partial charge in [-0.05, 0) is 43.9 Å².